The van der Waals surface area contributed by atoms with Gasteiger partial charge in [0.25, 0.3) is 0 Å². The van der Waals surface area contributed by atoms with Crippen molar-refractivity contribution in [2.24, 2.45) is 5.92 Å². The first kappa shape index (κ1) is 15.5. The van der Waals surface area contributed by atoms with Crippen LogP contribution >= 0.6 is 0 Å². The molecule has 7 nitrogen and oxygen atoms in total. The highest BCUT2D eigenvalue weighted by Gasteiger charge is 2.37. The number of sulfonamides is 1. The van der Waals surface area contributed by atoms with Crippen LogP contribution in [0.25, 0.3) is 0 Å². The molecule has 9 heteroatoms. The van der Waals surface area contributed by atoms with E-state index in [9.17, 15) is 27.7 Å². The molecule has 0 amide bonds. The summed E-state index contributed by atoms with van der Waals surface area (Å²) < 4.78 is 39.5. The highest BCUT2D eigenvalue weighted by molar-refractivity contribution is 7.89. The second kappa shape index (κ2) is 5.49. The van der Waals surface area contributed by atoms with Gasteiger partial charge in [0.15, 0.2) is 4.90 Å². The summed E-state index contributed by atoms with van der Waals surface area (Å²) in [6.07, 6.45) is 0.0451. The number of Topliss-reactive ketones (excluding diaryl/α,β-unsaturated/α-hetero) is 1. The Morgan fingerprint density at radius 1 is 1.43 bits per heavy atom. The van der Waals surface area contributed by atoms with Crippen LogP contribution < -0.4 is 0 Å². The molecule has 1 aromatic carbocycles. The molecule has 2 rings (SSSR count). The Bertz CT molecular complexity index is 704. The van der Waals surface area contributed by atoms with Crippen LogP contribution in [0, 0.1) is 21.8 Å². The summed E-state index contributed by atoms with van der Waals surface area (Å²) in [4.78, 5) is 20.6. The van der Waals surface area contributed by atoms with Crippen LogP contribution in [0.2, 0.25) is 0 Å². The number of halogens is 1. The van der Waals surface area contributed by atoms with E-state index in [0.717, 1.165) is 22.5 Å². The standard InChI is InChI=1S/C12H13FN2O5S/c1-8-7-14(6-5-10(8)16)21(19,20)11-4-2-3-9(13)12(11)15(17)18/h2-4,8H,5-7H2,1H3. The number of nitro groups is 1. The molecule has 1 fully saturated rings. The van der Waals surface area contributed by atoms with E-state index in [2.05, 4.69) is 0 Å². The molecule has 0 bridgehead atoms. The Kier molecular flexibility index (Phi) is 4.06. The molecule has 0 aromatic heterocycles. The summed E-state index contributed by atoms with van der Waals surface area (Å²) in [5, 5.41) is 10.9. The molecule has 0 N–H and O–H groups in total. The summed E-state index contributed by atoms with van der Waals surface area (Å²) in [6.45, 7) is 1.47. The maximum atomic E-state index is 13.6. The Labute approximate surface area is 120 Å². The van der Waals surface area contributed by atoms with Crippen molar-refractivity contribution in [3.63, 3.8) is 0 Å². The molecular formula is C12H13FN2O5S. The number of piperidine rings is 1. The quantitative estimate of drug-likeness (QED) is 0.619. The third-order valence-corrected chi connectivity index (χ3v) is 5.28. The van der Waals surface area contributed by atoms with Crippen molar-refractivity contribution in [2.45, 2.75) is 18.2 Å². The molecule has 114 valence electrons. The number of carbonyl (C=O) groups excluding carboxylic acids is 1. The molecule has 1 saturated heterocycles. The van der Waals surface area contributed by atoms with Gasteiger partial charge in [-0.2, -0.15) is 8.70 Å². The predicted octanol–water partition coefficient (Wildman–Crippen LogP) is 1.33. The number of rotatable bonds is 3. The fourth-order valence-electron chi connectivity index (χ4n) is 2.22. The first-order valence-corrected chi connectivity index (χ1v) is 7.65. The van der Waals surface area contributed by atoms with Crippen molar-refractivity contribution in [1.82, 2.24) is 4.31 Å². The minimum Gasteiger partial charge on any atom is -0.299 e. The zero-order valence-electron chi connectivity index (χ0n) is 11.2. The van der Waals surface area contributed by atoms with E-state index in [1.165, 1.54) is 0 Å². The van der Waals surface area contributed by atoms with Gasteiger partial charge in [0, 0.05) is 25.4 Å². The summed E-state index contributed by atoms with van der Waals surface area (Å²) in [5.74, 6) is -1.75. The maximum Gasteiger partial charge on any atom is 0.324 e. The van der Waals surface area contributed by atoms with Crippen LogP contribution in [-0.4, -0.2) is 36.5 Å². The van der Waals surface area contributed by atoms with Crippen molar-refractivity contribution < 1.29 is 22.5 Å². The average Bonchev–Trinajstić information content (AvgIpc) is 2.41. The van der Waals surface area contributed by atoms with E-state index >= 15 is 0 Å². The SMILES string of the molecule is CC1CN(S(=O)(=O)c2cccc(F)c2[N+](=O)[O-])CCC1=O. The Balaban J connectivity index is 2.48. The van der Waals surface area contributed by atoms with Crippen LogP contribution in [-0.2, 0) is 14.8 Å². The van der Waals surface area contributed by atoms with Crippen molar-refractivity contribution >= 4 is 21.5 Å². The molecule has 1 unspecified atom stereocenters. The second-order valence-electron chi connectivity index (χ2n) is 4.82. The lowest BCUT2D eigenvalue weighted by molar-refractivity contribution is -0.390. The summed E-state index contributed by atoms with van der Waals surface area (Å²) in [6, 6.07) is 2.94. The lowest BCUT2D eigenvalue weighted by atomic mass is 10.0. The molecule has 0 spiro atoms. The number of nitrogens with zero attached hydrogens (tertiary/aromatic N) is 2. The molecule has 1 atom stereocenters. The van der Waals surface area contributed by atoms with Gasteiger partial charge in [-0.15, -0.1) is 0 Å². The maximum absolute atomic E-state index is 13.6. The highest BCUT2D eigenvalue weighted by Crippen LogP contribution is 2.30. The number of benzene rings is 1. The molecule has 1 aliphatic heterocycles. The van der Waals surface area contributed by atoms with Gasteiger partial charge in [-0.05, 0) is 12.1 Å². The Morgan fingerprint density at radius 2 is 2.10 bits per heavy atom. The van der Waals surface area contributed by atoms with E-state index in [1.54, 1.807) is 6.92 Å². The minimum atomic E-state index is -4.22. The Morgan fingerprint density at radius 3 is 2.67 bits per heavy atom. The third kappa shape index (κ3) is 2.79. The number of para-hydroxylation sites is 1. The second-order valence-corrected chi connectivity index (χ2v) is 6.73. The van der Waals surface area contributed by atoms with Gasteiger partial charge in [0.05, 0.1) is 4.92 Å². The van der Waals surface area contributed by atoms with Gasteiger partial charge in [-0.1, -0.05) is 13.0 Å². The smallest absolute Gasteiger partial charge is 0.299 e. The fraction of sp³-hybridized carbons (Fsp3) is 0.417. The first-order chi connectivity index (χ1) is 9.75. The number of hydrogen-bond acceptors (Lipinski definition) is 5. The molecule has 1 aromatic rings. The highest BCUT2D eigenvalue weighted by atomic mass is 32.2. The summed E-state index contributed by atoms with van der Waals surface area (Å²) in [7, 11) is -4.22. The number of hydrogen-bond donors (Lipinski definition) is 0. The lowest BCUT2D eigenvalue weighted by Gasteiger charge is -2.28. The van der Waals surface area contributed by atoms with Crippen LogP contribution in [0.1, 0.15) is 13.3 Å². The molecule has 21 heavy (non-hydrogen) atoms. The van der Waals surface area contributed by atoms with E-state index in [-0.39, 0.29) is 25.3 Å². The van der Waals surface area contributed by atoms with Gasteiger partial charge in [0.1, 0.15) is 5.78 Å². The topological polar surface area (TPSA) is 97.6 Å². The van der Waals surface area contributed by atoms with Gasteiger partial charge >= 0.3 is 5.69 Å². The molecule has 0 saturated carbocycles. The van der Waals surface area contributed by atoms with Crippen LogP contribution in [0.4, 0.5) is 10.1 Å². The van der Waals surface area contributed by atoms with Gasteiger partial charge < -0.3 is 0 Å². The summed E-state index contributed by atoms with van der Waals surface area (Å²) in [5.41, 5.74) is -1.07. The van der Waals surface area contributed by atoms with Crippen LogP contribution in [0.3, 0.4) is 0 Å². The zero-order valence-corrected chi connectivity index (χ0v) is 12.0. The van der Waals surface area contributed by atoms with E-state index in [4.69, 9.17) is 0 Å². The molecule has 1 aliphatic rings. The number of ketones is 1. The van der Waals surface area contributed by atoms with E-state index in [0.29, 0.717) is 0 Å². The monoisotopic (exact) mass is 316 g/mol. The molecule has 1 heterocycles. The zero-order chi connectivity index (χ0) is 15.8. The van der Waals surface area contributed by atoms with Crippen LogP contribution in [0.5, 0.6) is 0 Å². The largest absolute Gasteiger partial charge is 0.324 e. The predicted molar refractivity (Wildman–Crippen MR) is 70.6 cm³/mol. The molecule has 0 aliphatic carbocycles. The van der Waals surface area contributed by atoms with Gasteiger partial charge in [0.2, 0.25) is 15.8 Å². The van der Waals surface area contributed by atoms with Crippen LogP contribution in [0.15, 0.2) is 23.1 Å². The number of carbonyl (C=O) groups is 1. The van der Waals surface area contributed by atoms with Crippen molar-refractivity contribution in [2.75, 3.05) is 13.1 Å². The summed E-state index contributed by atoms with van der Waals surface area (Å²) >= 11 is 0. The molecule has 0 radical (unpaired) electrons. The minimum absolute atomic E-state index is 0.0451. The lowest BCUT2D eigenvalue weighted by Crippen LogP contribution is -2.43. The average molecular weight is 316 g/mol. The van der Waals surface area contributed by atoms with Gasteiger partial charge in [-0.3, -0.25) is 14.9 Å². The van der Waals surface area contributed by atoms with E-state index < -0.39 is 37.3 Å². The number of nitro benzene ring substituents is 1. The fourth-order valence-corrected chi connectivity index (χ4v) is 3.91. The van der Waals surface area contributed by atoms with E-state index in [1.807, 2.05) is 0 Å². The van der Waals surface area contributed by atoms with Crippen molar-refractivity contribution in [1.29, 1.82) is 0 Å². The normalized spacial score (nSPS) is 20.5. The Hall–Kier alpha value is -1.87. The third-order valence-electron chi connectivity index (χ3n) is 3.38. The first-order valence-electron chi connectivity index (χ1n) is 6.21. The van der Waals surface area contributed by atoms with Crippen molar-refractivity contribution in [3.8, 4) is 0 Å². The molecular weight excluding hydrogens is 303 g/mol. The van der Waals surface area contributed by atoms with Crippen molar-refractivity contribution in [3.05, 3.63) is 34.1 Å². The van der Waals surface area contributed by atoms with Gasteiger partial charge in [-0.25, -0.2) is 8.42 Å².